The summed E-state index contributed by atoms with van der Waals surface area (Å²) in [5.74, 6) is -0.345. The van der Waals surface area contributed by atoms with Gasteiger partial charge in [-0.1, -0.05) is 13.8 Å². The highest BCUT2D eigenvalue weighted by Gasteiger charge is 2.25. The van der Waals surface area contributed by atoms with Crippen LogP contribution in [-0.4, -0.2) is 29.6 Å². The van der Waals surface area contributed by atoms with E-state index in [9.17, 15) is 9.59 Å². The lowest BCUT2D eigenvalue weighted by Gasteiger charge is -2.20. The Labute approximate surface area is 116 Å². The summed E-state index contributed by atoms with van der Waals surface area (Å²) in [7, 11) is 0. The van der Waals surface area contributed by atoms with Crippen LogP contribution in [0.5, 0.6) is 0 Å². The smallest absolute Gasteiger partial charge is 0.407 e. The van der Waals surface area contributed by atoms with Crippen LogP contribution in [0.4, 0.5) is 9.93 Å². The van der Waals surface area contributed by atoms with E-state index in [0.717, 1.165) is 4.88 Å². The Morgan fingerprint density at radius 3 is 2.63 bits per heavy atom. The van der Waals surface area contributed by atoms with Crippen LogP contribution in [0.2, 0.25) is 0 Å². The molecule has 1 aromatic rings. The Morgan fingerprint density at radius 1 is 1.47 bits per heavy atom. The first-order valence-corrected chi connectivity index (χ1v) is 6.92. The van der Waals surface area contributed by atoms with Gasteiger partial charge in [0.15, 0.2) is 5.13 Å². The lowest BCUT2D eigenvalue weighted by atomic mass is 10.0. The summed E-state index contributed by atoms with van der Waals surface area (Å²) in [6.45, 7) is 7.59. The van der Waals surface area contributed by atoms with Crippen LogP contribution in [0.1, 0.15) is 25.6 Å². The van der Waals surface area contributed by atoms with Gasteiger partial charge >= 0.3 is 6.09 Å². The highest BCUT2D eigenvalue weighted by atomic mass is 32.1. The number of thiazole rings is 1. The Morgan fingerprint density at radius 2 is 2.16 bits per heavy atom. The van der Waals surface area contributed by atoms with Gasteiger partial charge in [0.25, 0.3) is 0 Å². The number of hydrogen-bond donors (Lipinski definition) is 2. The van der Waals surface area contributed by atoms with Crippen LogP contribution < -0.4 is 10.6 Å². The van der Waals surface area contributed by atoms with E-state index in [1.54, 1.807) is 13.1 Å². The Hall–Kier alpha value is -1.63. The van der Waals surface area contributed by atoms with Crippen molar-refractivity contribution in [3.05, 3.63) is 11.1 Å². The molecular formula is C12H19N3O3S. The van der Waals surface area contributed by atoms with Crippen molar-refractivity contribution in [1.29, 1.82) is 0 Å². The first-order chi connectivity index (χ1) is 8.93. The molecule has 0 aliphatic carbocycles. The van der Waals surface area contributed by atoms with Gasteiger partial charge in [0.1, 0.15) is 6.04 Å². The van der Waals surface area contributed by atoms with Gasteiger partial charge in [0, 0.05) is 11.1 Å². The minimum Gasteiger partial charge on any atom is -0.450 e. The van der Waals surface area contributed by atoms with Gasteiger partial charge in [-0.3, -0.25) is 4.79 Å². The van der Waals surface area contributed by atoms with Gasteiger partial charge in [-0.2, -0.15) is 0 Å². The number of aryl methyl sites for hydroxylation is 1. The summed E-state index contributed by atoms with van der Waals surface area (Å²) < 4.78 is 4.78. The summed E-state index contributed by atoms with van der Waals surface area (Å²) in [6.07, 6.45) is 1.09. The summed E-state index contributed by atoms with van der Waals surface area (Å²) in [5.41, 5.74) is 0. The third-order valence-electron chi connectivity index (χ3n) is 2.35. The van der Waals surface area contributed by atoms with Crippen LogP contribution in [0.25, 0.3) is 0 Å². The molecule has 0 saturated heterocycles. The van der Waals surface area contributed by atoms with Gasteiger partial charge < -0.3 is 15.4 Å². The summed E-state index contributed by atoms with van der Waals surface area (Å²) in [6, 6.07) is -0.650. The Bertz CT molecular complexity index is 445. The molecule has 1 rings (SSSR count). The van der Waals surface area contributed by atoms with Crippen molar-refractivity contribution in [3.63, 3.8) is 0 Å². The number of anilines is 1. The molecule has 106 valence electrons. The third-order valence-corrected chi connectivity index (χ3v) is 3.18. The quantitative estimate of drug-likeness (QED) is 0.868. The molecule has 0 aliphatic rings. The van der Waals surface area contributed by atoms with Crippen molar-refractivity contribution in [1.82, 2.24) is 10.3 Å². The number of nitrogens with one attached hydrogen (secondary N) is 2. The van der Waals surface area contributed by atoms with Crippen molar-refractivity contribution in [2.24, 2.45) is 5.92 Å². The van der Waals surface area contributed by atoms with Gasteiger partial charge in [-0.15, -0.1) is 11.3 Å². The number of rotatable bonds is 5. The molecule has 7 heteroatoms. The Balaban J connectivity index is 2.65. The molecule has 0 fully saturated rings. The molecule has 0 aromatic carbocycles. The summed E-state index contributed by atoms with van der Waals surface area (Å²) in [4.78, 5) is 28.5. The average molecular weight is 285 g/mol. The van der Waals surface area contributed by atoms with Crippen molar-refractivity contribution in [2.45, 2.75) is 33.7 Å². The number of ether oxygens (including phenoxy) is 1. The molecule has 0 unspecified atom stereocenters. The predicted molar refractivity (Wildman–Crippen MR) is 74.3 cm³/mol. The van der Waals surface area contributed by atoms with Crippen LogP contribution in [0, 0.1) is 12.8 Å². The zero-order valence-corrected chi connectivity index (χ0v) is 12.3. The molecule has 0 aliphatic heterocycles. The van der Waals surface area contributed by atoms with E-state index in [4.69, 9.17) is 4.74 Å². The van der Waals surface area contributed by atoms with E-state index < -0.39 is 12.1 Å². The van der Waals surface area contributed by atoms with Gasteiger partial charge in [-0.25, -0.2) is 9.78 Å². The van der Waals surface area contributed by atoms with Gasteiger partial charge in [0.2, 0.25) is 5.91 Å². The first-order valence-electron chi connectivity index (χ1n) is 6.10. The second-order valence-corrected chi connectivity index (χ2v) is 5.59. The standard InChI is InChI=1S/C12H19N3O3S/c1-5-18-12(17)14-9(7(2)3)10(16)15-11-13-6-8(4)19-11/h6-7,9H,5H2,1-4H3,(H,14,17)(H,13,15,16)/t9-/m1/s1. The molecule has 1 aromatic heterocycles. The highest BCUT2D eigenvalue weighted by molar-refractivity contribution is 7.15. The van der Waals surface area contributed by atoms with Crippen LogP contribution in [0.15, 0.2) is 6.20 Å². The van der Waals surface area contributed by atoms with Crippen LogP contribution in [0.3, 0.4) is 0 Å². The lowest BCUT2D eigenvalue weighted by molar-refractivity contribution is -0.119. The average Bonchev–Trinajstić information content (AvgIpc) is 2.71. The number of alkyl carbamates (subject to hydrolysis) is 1. The van der Waals surface area contributed by atoms with E-state index in [1.807, 2.05) is 20.8 Å². The molecule has 19 heavy (non-hydrogen) atoms. The number of hydrogen-bond acceptors (Lipinski definition) is 5. The zero-order valence-electron chi connectivity index (χ0n) is 11.5. The molecule has 1 heterocycles. The zero-order chi connectivity index (χ0) is 14.4. The number of carbonyl (C=O) groups excluding carboxylic acids is 2. The maximum absolute atomic E-state index is 12.1. The monoisotopic (exact) mass is 285 g/mol. The van der Waals surface area contributed by atoms with E-state index in [1.165, 1.54) is 11.3 Å². The molecule has 6 nitrogen and oxygen atoms in total. The third kappa shape index (κ3) is 4.86. The minimum absolute atomic E-state index is 0.0505. The molecule has 0 radical (unpaired) electrons. The Kier molecular flexibility index (Phi) is 5.75. The predicted octanol–water partition coefficient (Wildman–Crippen LogP) is 2.16. The van der Waals surface area contributed by atoms with Crippen LogP contribution >= 0.6 is 11.3 Å². The lowest BCUT2D eigenvalue weighted by Crippen LogP contribution is -2.47. The largest absolute Gasteiger partial charge is 0.450 e. The SMILES string of the molecule is CCOC(=O)N[C@@H](C(=O)Nc1ncc(C)s1)C(C)C. The number of aromatic nitrogens is 1. The normalized spacial score (nSPS) is 12.1. The molecule has 0 bridgehead atoms. The first kappa shape index (κ1) is 15.4. The van der Waals surface area contributed by atoms with E-state index >= 15 is 0 Å². The molecule has 0 spiro atoms. The van der Waals surface area contributed by atoms with Gasteiger partial charge in [-0.05, 0) is 19.8 Å². The summed E-state index contributed by atoms with van der Waals surface area (Å²) in [5, 5.41) is 5.76. The second kappa shape index (κ2) is 7.08. The maximum Gasteiger partial charge on any atom is 0.407 e. The fourth-order valence-corrected chi connectivity index (χ4v) is 2.10. The minimum atomic E-state index is -0.650. The summed E-state index contributed by atoms with van der Waals surface area (Å²) >= 11 is 1.39. The second-order valence-electron chi connectivity index (χ2n) is 4.35. The molecule has 2 amide bonds. The van der Waals surface area contributed by atoms with Crippen molar-refractivity contribution < 1.29 is 14.3 Å². The van der Waals surface area contributed by atoms with E-state index in [0.29, 0.717) is 5.13 Å². The highest BCUT2D eigenvalue weighted by Crippen LogP contribution is 2.17. The maximum atomic E-state index is 12.1. The number of nitrogens with zero attached hydrogens (tertiary/aromatic N) is 1. The molecular weight excluding hydrogens is 266 g/mol. The molecule has 1 atom stereocenters. The van der Waals surface area contributed by atoms with Gasteiger partial charge in [0.05, 0.1) is 6.61 Å². The van der Waals surface area contributed by atoms with E-state index in [2.05, 4.69) is 15.6 Å². The van der Waals surface area contributed by atoms with Crippen molar-refractivity contribution in [3.8, 4) is 0 Å². The number of carbonyl (C=O) groups is 2. The molecule has 2 N–H and O–H groups in total. The van der Waals surface area contributed by atoms with Crippen LogP contribution in [-0.2, 0) is 9.53 Å². The van der Waals surface area contributed by atoms with E-state index in [-0.39, 0.29) is 18.4 Å². The molecule has 0 saturated carbocycles. The van der Waals surface area contributed by atoms with Crippen molar-refractivity contribution >= 4 is 28.5 Å². The fraction of sp³-hybridized carbons (Fsp3) is 0.583. The number of amides is 2. The van der Waals surface area contributed by atoms with Crippen molar-refractivity contribution in [2.75, 3.05) is 11.9 Å². The topological polar surface area (TPSA) is 80.3 Å². The fourth-order valence-electron chi connectivity index (χ4n) is 1.43.